The number of hydrogen-bond acceptors (Lipinski definition) is 6. The number of amides is 5. The number of nitrogens with zero attached hydrogens (tertiary/aromatic N) is 1. The monoisotopic (exact) mass is 639 g/mol. The summed E-state index contributed by atoms with van der Waals surface area (Å²) in [4.78, 5) is 62.8. The number of benzene rings is 2. The van der Waals surface area contributed by atoms with E-state index in [4.69, 9.17) is 21.4 Å². The van der Waals surface area contributed by atoms with Crippen molar-refractivity contribution in [3.05, 3.63) is 58.6 Å². The molecule has 2 atom stereocenters. The molecule has 1 saturated heterocycles. The first-order valence-corrected chi connectivity index (χ1v) is 14.0. The summed E-state index contributed by atoms with van der Waals surface area (Å²) in [5.74, 6) is -3.22. The molecule has 0 radical (unpaired) electrons. The highest BCUT2D eigenvalue weighted by molar-refractivity contribution is 6.30. The van der Waals surface area contributed by atoms with Gasteiger partial charge in [-0.3, -0.25) is 25.0 Å². The van der Waals surface area contributed by atoms with E-state index in [9.17, 15) is 37.1 Å². The fourth-order valence-corrected chi connectivity index (χ4v) is 5.38. The number of alkyl halides is 3. The van der Waals surface area contributed by atoms with Crippen LogP contribution in [0.15, 0.2) is 42.5 Å². The first kappa shape index (κ1) is 32.4. The minimum atomic E-state index is -5.02. The lowest BCUT2D eigenvalue weighted by molar-refractivity contribution is -0.173. The summed E-state index contributed by atoms with van der Waals surface area (Å²) in [5.41, 5.74) is 0.241. The molecular formula is C28H29ClF3N5O7. The zero-order chi connectivity index (χ0) is 32.1. The Morgan fingerprint density at radius 3 is 2.52 bits per heavy atom. The van der Waals surface area contributed by atoms with Crippen LogP contribution in [0.3, 0.4) is 0 Å². The van der Waals surface area contributed by atoms with Gasteiger partial charge in [-0.15, -0.1) is 0 Å². The van der Waals surface area contributed by atoms with Gasteiger partial charge >= 0.3 is 24.3 Å². The number of ether oxygens (including phenoxy) is 1. The van der Waals surface area contributed by atoms with Gasteiger partial charge in [0.1, 0.15) is 6.04 Å². The van der Waals surface area contributed by atoms with E-state index in [1.54, 1.807) is 23.5 Å². The molecule has 2 aliphatic heterocycles. The molecule has 44 heavy (non-hydrogen) atoms. The molecule has 2 heterocycles. The molecule has 16 heteroatoms. The van der Waals surface area contributed by atoms with Gasteiger partial charge in [-0.1, -0.05) is 11.6 Å². The van der Waals surface area contributed by atoms with Gasteiger partial charge < -0.3 is 25.4 Å². The van der Waals surface area contributed by atoms with Gasteiger partial charge in [0.25, 0.3) is 5.91 Å². The normalized spacial score (nSPS) is 18.4. The molecule has 1 fully saturated rings. The highest BCUT2D eigenvalue weighted by Gasteiger charge is 2.47. The van der Waals surface area contributed by atoms with Crippen LogP contribution in [-0.4, -0.2) is 71.8 Å². The van der Waals surface area contributed by atoms with Gasteiger partial charge in [0.05, 0.1) is 12.2 Å². The lowest BCUT2D eigenvalue weighted by atomic mass is 9.83. The summed E-state index contributed by atoms with van der Waals surface area (Å²) >= 11 is 6.22. The summed E-state index contributed by atoms with van der Waals surface area (Å²) in [6.45, 7) is -0.0419. The van der Waals surface area contributed by atoms with Crippen molar-refractivity contribution < 1.29 is 47.0 Å². The van der Waals surface area contributed by atoms with Crippen molar-refractivity contribution in [2.45, 2.75) is 49.9 Å². The smallest absolute Gasteiger partial charge is 0.465 e. The predicted molar refractivity (Wildman–Crippen MR) is 151 cm³/mol. The summed E-state index contributed by atoms with van der Waals surface area (Å²) < 4.78 is 43.2. The lowest BCUT2D eigenvalue weighted by Crippen LogP contribution is -2.57. The maximum Gasteiger partial charge on any atom is 0.471 e. The first-order valence-electron chi connectivity index (χ1n) is 13.6. The van der Waals surface area contributed by atoms with E-state index in [0.29, 0.717) is 29.1 Å². The Morgan fingerprint density at radius 2 is 1.84 bits per heavy atom. The van der Waals surface area contributed by atoms with Crippen LogP contribution in [0.2, 0.25) is 5.02 Å². The number of unbranched alkanes of at least 4 members (excludes halogenated alkanes) is 1. The maximum atomic E-state index is 13.9. The molecule has 1 spiro atoms. The Labute approximate surface area is 254 Å². The average molecular weight is 640 g/mol. The van der Waals surface area contributed by atoms with Crippen molar-refractivity contribution in [2.24, 2.45) is 0 Å². The molecule has 0 aliphatic carbocycles. The zero-order valence-electron chi connectivity index (χ0n) is 23.1. The van der Waals surface area contributed by atoms with Gasteiger partial charge in [0.2, 0.25) is 5.91 Å². The number of halogens is 4. The Hall–Kier alpha value is -4.53. The molecule has 5 amide bonds. The second-order valence-electron chi connectivity index (χ2n) is 10.3. The highest BCUT2D eigenvalue weighted by atomic mass is 35.5. The van der Waals surface area contributed by atoms with E-state index in [2.05, 4.69) is 16.0 Å². The molecule has 0 saturated carbocycles. The fraction of sp³-hybridized carbons (Fsp3) is 0.393. The standard InChI is InChI=1S/C28H29ClF3N5O7/c29-17-7-10-20-19(14-17)27(44-26(43)36-20)11-3-13-37(15-27)23(39)21(4-1-2-12-33-24(40)28(30,31)32)35-22(38)16-5-8-18(9-6-16)34-25(41)42/h5-10,14,21,34H,1-4,11-13,15H2,(H,33,40)(H,35,38)(H,36,43)(H,41,42)/t21-,27-/m0/s1. The maximum absolute atomic E-state index is 13.9. The van der Waals surface area contributed by atoms with Gasteiger partial charge in [-0.25, -0.2) is 9.59 Å². The second kappa shape index (κ2) is 13.4. The number of fused-ring (bicyclic) bond motifs is 2. The topological polar surface area (TPSA) is 166 Å². The molecule has 2 aliphatic rings. The van der Waals surface area contributed by atoms with Crippen LogP contribution < -0.4 is 21.3 Å². The number of hydrogen-bond donors (Lipinski definition) is 5. The summed E-state index contributed by atoms with van der Waals surface area (Å²) in [6, 6.07) is 9.24. The van der Waals surface area contributed by atoms with Crippen molar-refractivity contribution in [3.63, 3.8) is 0 Å². The van der Waals surface area contributed by atoms with Gasteiger partial charge in [-0.05, 0) is 74.6 Å². The van der Waals surface area contributed by atoms with Crippen molar-refractivity contribution in [2.75, 3.05) is 30.3 Å². The Bertz CT molecular complexity index is 1440. The number of carbonyl (C=O) groups excluding carboxylic acids is 4. The minimum Gasteiger partial charge on any atom is -0.465 e. The van der Waals surface area contributed by atoms with Crippen molar-refractivity contribution in [3.8, 4) is 0 Å². The lowest BCUT2D eigenvalue weighted by Gasteiger charge is -2.45. The van der Waals surface area contributed by atoms with Crippen LogP contribution in [0, 0.1) is 0 Å². The molecule has 5 N–H and O–H groups in total. The van der Waals surface area contributed by atoms with E-state index < -0.39 is 47.7 Å². The van der Waals surface area contributed by atoms with Crippen LogP contribution in [0.4, 0.5) is 34.1 Å². The Balaban J connectivity index is 1.50. The predicted octanol–water partition coefficient (Wildman–Crippen LogP) is 4.46. The first-order chi connectivity index (χ1) is 20.8. The second-order valence-corrected chi connectivity index (χ2v) is 10.8. The number of likely N-dealkylation sites (tertiary alicyclic amines) is 1. The van der Waals surface area contributed by atoms with Crippen LogP contribution in [0.25, 0.3) is 0 Å². The van der Waals surface area contributed by atoms with E-state index in [0.717, 1.165) is 0 Å². The third kappa shape index (κ3) is 7.89. The van der Waals surface area contributed by atoms with E-state index in [1.165, 1.54) is 29.2 Å². The van der Waals surface area contributed by atoms with Crippen molar-refractivity contribution in [1.29, 1.82) is 0 Å². The average Bonchev–Trinajstić information content (AvgIpc) is 2.96. The number of carboxylic acid groups (broad SMARTS) is 1. The van der Waals surface area contributed by atoms with Crippen molar-refractivity contribution in [1.82, 2.24) is 15.5 Å². The largest absolute Gasteiger partial charge is 0.471 e. The molecule has 236 valence electrons. The van der Waals surface area contributed by atoms with Crippen LogP contribution >= 0.6 is 11.6 Å². The van der Waals surface area contributed by atoms with Crippen molar-refractivity contribution >= 4 is 52.9 Å². The van der Waals surface area contributed by atoms with E-state index in [1.807, 2.05) is 0 Å². The molecule has 0 bridgehead atoms. The molecule has 4 rings (SSSR count). The number of carbonyl (C=O) groups is 5. The molecule has 0 aromatic heterocycles. The highest BCUT2D eigenvalue weighted by Crippen LogP contribution is 2.43. The van der Waals surface area contributed by atoms with Crippen LogP contribution in [-0.2, 0) is 19.9 Å². The van der Waals surface area contributed by atoms with E-state index in [-0.39, 0.29) is 50.1 Å². The summed E-state index contributed by atoms with van der Waals surface area (Å²) in [7, 11) is 0. The Morgan fingerprint density at radius 1 is 1.11 bits per heavy atom. The number of piperidine rings is 1. The number of rotatable bonds is 9. The molecule has 0 unspecified atom stereocenters. The fourth-order valence-electron chi connectivity index (χ4n) is 5.21. The number of nitrogens with one attached hydrogen (secondary N) is 4. The molecule has 2 aromatic rings. The Kier molecular flexibility index (Phi) is 9.87. The van der Waals surface area contributed by atoms with E-state index >= 15 is 0 Å². The SMILES string of the molecule is O=C(O)Nc1ccc(C(=O)N[C@@H](CCCCNC(=O)C(F)(F)F)C(=O)N2CCC[C@@]3(C2)OC(=O)Nc2ccc(Cl)cc23)cc1. The number of anilines is 2. The molecule has 2 aromatic carbocycles. The van der Waals surface area contributed by atoms with Crippen LogP contribution in [0.1, 0.15) is 48.0 Å². The van der Waals surface area contributed by atoms with Gasteiger partial charge in [0.15, 0.2) is 5.60 Å². The zero-order valence-corrected chi connectivity index (χ0v) is 23.9. The quantitative estimate of drug-likeness (QED) is 0.253. The molecule has 12 nitrogen and oxygen atoms in total. The third-order valence-corrected chi connectivity index (χ3v) is 7.46. The summed E-state index contributed by atoms with van der Waals surface area (Å²) in [6.07, 6.45) is -5.85. The summed E-state index contributed by atoms with van der Waals surface area (Å²) in [5, 5.41) is 18.5. The molecular weight excluding hydrogens is 611 g/mol. The van der Waals surface area contributed by atoms with Crippen LogP contribution in [0.5, 0.6) is 0 Å². The third-order valence-electron chi connectivity index (χ3n) is 7.23. The minimum absolute atomic E-state index is 0.0262. The van der Waals surface area contributed by atoms with Gasteiger partial charge in [-0.2, -0.15) is 13.2 Å². The van der Waals surface area contributed by atoms with Gasteiger partial charge in [0, 0.05) is 34.9 Å².